The van der Waals surface area contributed by atoms with Gasteiger partial charge in [0.05, 0.1) is 20.3 Å². The molecule has 0 N–H and O–H groups in total. The summed E-state index contributed by atoms with van der Waals surface area (Å²) in [4.78, 5) is 8.08. The van der Waals surface area contributed by atoms with Crippen LogP contribution in [0.5, 0.6) is 23.5 Å². The molecule has 0 amide bonds. The van der Waals surface area contributed by atoms with E-state index in [-0.39, 0.29) is 6.01 Å². The largest absolute Gasteiger partial charge is 0.481 e. The van der Waals surface area contributed by atoms with Gasteiger partial charge in [-0.1, -0.05) is 18.2 Å². The number of nitrogens with zero attached hydrogens (tertiary/aromatic N) is 2. The Balaban J connectivity index is 2.26. The molecule has 2 rings (SSSR count). The predicted octanol–water partition coefficient (Wildman–Crippen LogP) is 2.09. The lowest BCUT2D eigenvalue weighted by atomic mass is 10.3. The van der Waals surface area contributed by atoms with Crippen LogP contribution in [0.1, 0.15) is 0 Å². The summed E-state index contributed by atoms with van der Waals surface area (Å²) in [5, 5.41) is 0. The molecule has 0 saturated carbocycles. The molecule has 1 radical (unpaired) electrons. The fourth-order valence-corrected chi connectivity index (χ4v) is 1.18. The Bertz CT molecular complexity index is 466. The van der Waals surface area contributed by atoms with Crippen LogP contribution in [0.15, 0.2) is 30.3 Å². The summed E-state index contributed by atoms with van der Waals surface area (Å²) in [6, 6.07) is 11.8. The summed E-state index contributed by atoms with van der Waals surface area (Å²) in [6.45, 7) is 0. The highest BCUT2D eigenvalue weighted by Crippen LogP contribution is 2.22. The summed E-state index contributed by atoms with van der Waals surface area (Å²) < 4.78 is 15.5. The van der Waals surface area contributed by atoms with Crippen molar-refractivity contribution in [1.82, 2.24) is 9.97 Å². The quantitative estimate of drug-likeness (QED) is 0.806. The van der Waals surface area contributed by atoms with Crippen molar-refractivity contribution < 1.29 is 14.2 Å². The zero-order valence-corrected chi connectivity index (χ0v) is 9.51. The molecule has 2 aromatic rings. The molecule has 0 saturated heterocycles. The van der Waals surface area contributed by atoms with Crippen LogP contribution in [0, 0.1) is 6.07 Å². The van der Waals surface area contributed by atoms with Crippen molar-refractivity contribution in [1.29, 1.82) is 0 Å². The fourth-order valence-electron chi connectivity index (χ4n) is 1.18. The van der Waals surface area contributed by atoms with Crippen LogP contribution < -0.4 is 14.2 Å². The number of para-hydroxylation sites is 1. The number of rotatable bonds is 4. The van der Waals surface area contributed by atoms with Crippen molar-refractivity contribution in [2.45, 2.75) is 0 Å². The van der Waals surface area contributed by atoms with Crippen molar-refractivity contribution in [2.75, 3.05) is 14.2 Å². The minimum absolute atomic E-state index is 0.156. The molecule has 0 aliphatic heterocycles. The second kappa shape index (κ2) is 5.16. The number of benzene rings is 1. The second-order valence-electron chi connectivity index (χ2n) is 3.06. The summed E-state index contributed by atoms with van der Waals surface area (Å²) in [7, 11) is 3.03. The smallest absolute Gasteiger partial charge is 0.328 e. The Morgan fingerprint density at radius 3 is 2.29 bits per heavy atom. The van der Waals surface area contributed by atoms with E-state index in [0.717, 1.165) is 0 Å². The number of hydrogen-bond donors (Lipinski definition) is 0. The maximum Gasteiger partial charge on any atom is 0.328 e. The van der Waals surface area contributed by atoms with Gasteiger partial charge in [-0.15, -0.1) is 0 Å². The van der Waals surface area contributed by atoms with Crippen molar-refractivity contribution in [3.05, 3.63) is 36.4 Å². The average molecular weight is 231 g/mol. The maximum atomic E-state index is 5.43. The maximum absolute atomic E-state index is 5.43. The molecule has 0 fully saturated rings. The van der Waals surface area contributed by atoms with Gasteiger partial charge in [-0.05, 0) is 6.07 Å². The van der Waals surface area contributed by atoms with Crippen molar-refractivity contribution in [3.8, 4) is 23.5 Å². The molecule has 1 heterocycles. The van der Waals surface area contributed by atoms with Crippen LogP contribution >= 0.6 is 0 Å². The van der Waals surface area contributed by atoms with Gasteiger partial charge in [-0.25, -0.2) is 0 Å². The lowest BCUT2D eigenvalue weighted by molar-refractivity contribution is 0.348. The SMILES string of the molecule is COc1cc(OC)nc(Oc2[c]cccc2)n1. The molecule has 1 aromatic heterocycles. The van der Waals surface area contributed by atoms with Gasteiger partial charge in [0.2, 0.25) is 11.8 Å². The van der Waals surface area contributed by atoms with E-state index < -0.39 is 0 Å². The fraction of sp³-hybridized carbons (Fsp3) is 0.167. The van der Waals surface area contributed by atoms with E-state index in [1.165, 1.54) is 14.2 Å². The first-order valence-electron chi connectivity index (χ1n) is 4.93. The van der Waals surface area contributed by atoms with Gasteiger partial charge in [0, 0.05) is 6.07 Å². The van der Waals surface area contributed by atoms with Crippen LogP contribution in [0.3, 0.4) is 0 Å². The monoisotopic (exact) mass is 231 g/mol. The number of ether oxygens (including phenoxy) is 3. The minimum atomic E-state index is 0.156. The molecule has 5 nitrogen and oxygen atoms in total. The highest BCUT2D eigenvalue weighted by atomic mass is 16.5. The van der Waals surface area contributed by atoms with Gasteiger partial charge in [0.25, 0.3) is 0 Å². The Labute approximate surface area is 99.0 Å². The molecule has 0 bridgehead atoms. The number of hydrogen-bond acceptors (Lipinski definition) is 5. The van der Waals surface area contributed by atoms with Crippen LogP contribution in [0.25, 0.3) is 0 Å². The van der Waals surface area contributed by atoms with Crippen LogP contribution in [0.4, 0.5) is 0 Å². The van der Waals surface area contributed by atoms with Gasteiger partial charge in [-0.2, -0.15) is 9.97 Å². The molecular weight excluding hydrogens is 220 g/mol. The lowest BCUT2D eigenvalue weighted by Crippen LogP contribution is -1.97. The zero-order chi connectivity index (χ0) is 12.1. The van der Waals surface area contributed by atoms with Crippen LogP contribution in [-0.2, 0) is 0 Å². The van der Waals surface area contributed by atoms with Crippen molar-refractivity contribution in [3.63, 3.8) is 0 Å². The molecule has 0 spiro atoms. The zero-order valence-electron chi connectivity index (χ0n) is 9.51. The predicted molar refractivity (Wildman–Crippen MR) is 60.5 cm³/mol. The summed E-state index contributed by atoms with van der Waals surface area (Å²) in [5.74, 6) is 1.29. The van der Waals surface area contributed by atoms with Gasteiger partial charge in [0.15, 0.2) is 0 Å². The third-order valence-electron chi connectivity index (χ3n) is 1.96. The van der Waals surface area contributed by atoms with E-state index in [2.05, 4.69) is 16.0 Å². The molecule has 17 heavy (non-hydrogen) atoms. The molecule has 0 unspecified atom stereocenters. The van der Waals surface area contributed by atoms with E-state index in [0.29, 0.717) is 17.5 Å². The van der Waals surface area contributed by atoms with Crippen LogP contribution in [-0.4, -0.2) is 24.2 Å². The van der Waals surface area contributed by atoms with Crippen molar-refractivity contribution in [2.24, 2.45) is 0 Å². The van der Waals surface area contributed by atoms with Gasteiger partial charge in [-0.3, -0.25) is 0 Å². The highest BCUT2D eigenvalue weighted by molar-refractivity contribution is 5.27. The highest BCUT2D eigenvalue weighted by Gasteiger charge is 2.07. The Hall–Kier alpha value is -2.30. The molecule has 0 aliphatic rings. The number of methoxy groups -OCH3 is 2. The molecular formula is C12H11N2O3. The number of aromatic nitrogens is 2. The van der Waals surface area contributed by atoms with Crippen LogP contribution in [0.2, 0.25) is 0 Å². The topological polar surface area (TPSA) is 53.5 Å². The molecule has 1 aromatic carbocycles. The van der Waals surface area contributed by atoms with Crippen molar-refractivity contribution >= 4 is 0 Å². The third kappa shape index (κ3) is 2.84. The van der Waals surface area contributed by atoms with E-state index in [1.54, 1.807) is 18.2 Å². The Morgan fingerprint density at radius 1 is 1.06 bits per heavy atom. The minimum Gasteiger partial charge on any atom is -0.481 e. The van der Waals surface area contributed by atoms with Gasteiger partial charge >= 0.3 is 6.01 Å². The average Bonchev–Trinajstić information content (AvgIpc) is 2.39. The summed E-state index contributed by atoms with van der Waals surface area (Å²) in [6.07, 6.45) is 0. The summed E-state index contributed by atoms with van der Waals surface area (Å²) in [5.41, 5.74) is 0. The first-order chi connectivity index (χ1) is 8.31. The normalized spacial score (nSPS) is 9.76. The van der Waals surface area contributed by atoms with E-state index in [9.17, 15) is 0 Å². The molecule has 5 heteroatoms. The lowest BCUT2D eigenvalue weighted by Gasteiger charge is -2.06. The van der Waals surface area contributed by atoms with Gasteiger partial charge in [0.1, 0.15) is 5.75 Å². The van der Waals surface area contributed by atoms with E-state index >= 15 is 0 Å². The molecule has 0 atom stereocenters. The Morgan fingerprint density at radius 2 is 1.76 bits per heavy atom. The second-order valence-corrected chi connectivity index (χ2v) is 3.06. The van der Waals surface area contributed by atoms with E-state index in [4.69, 9.17) is 14.2 Å². The first-order valence-corrected chi connectivity index (χ1v) is 4.93. The standard InChI is InChI=1S/C12H11N2O3/c1-15-10-8-11(16-2)14-12(13-10)17-9-6-4-3-5-7-9/h3-6,8H,1-2H3. The molecule has 87 valence electrons. The Kier molecular flexibility index (Phi) is 3.40. The first kappa shape index (κ1) is 11.2. The van der Waals surface area contributed by atoms with Gasteiger partial charge < -0.3 is 14.2 Å². The van der Waals surface area contributed by atoms with E-state index in [1.807, 2.05) is 12.1 Å². The third-order valence-corrected chi connectivity index (χ3v) is 1.96. The molecule has 0 aliphatic carbocycles. The summed E-state index contributed by atoms with van der Waals surface area (Å²) >= 11 is 0.